The molecule has 0 amide bonds. The van der Waals surface area contributed by atoms with Crippen molar-refractivity contribution in [3.63, 3.8) is 0 Å². The molecule has 1 aromatic rings. The molecule has 3 rings (SSSR count). The zero-order valence-electron chi connectivity index (χ0n) is 13.6. The molecule has 114 valence electrons. The lowest BCUT2D eigenvalue weighted by Gasteiger charge is -2.22. The summed E-state index contributed by atoms with van der Waals surface area (Å²) in [5.41, 5.74) is 4.90. The molecule has 0 heterocycles. The summed E-state index contributed by atoms with van der Waals surface area (Å²) in [4.78, 5) is 2.27. The predicted molar refractivity (Wildman–Crippen MR) is 88.9 cm³/mol. The van der Waals surface area contributed by atoms with Crippen LogP contribution in [-0.4, -0.2) is 32.6 Å². The summed E-state index contributed by atoms with van der Waals surface area (Å²) in [7, 11) is 6.06. The molecular weight excluding hydrogens is 258 g/mol. The van der Waals surface area contributed by atoms with Crippen LogP contribution in [0.1, 0.15) is 49.7 Å². The molecule has 2 nitrogen and oxygen atoms in total. The van der Waals surface area contributed by atoms with Gasteiger partial charge in [-0.15, -0.1) is 0 Å². The first-order valence-electron chi connectivity index (χ1n) is 8.20. The molecule has 1 spiro atoms. The summed E-state index contributed by atoms with van der Waals surface area (Å²) in [6, 6.07) is 6.70. The van der Waals surface area contributed by atoms with Crippen LogP contribution in [0.3, 0.4) is 0 Å². The van der Waals surface area contributed by atoms with Crippen LogP contribution in [0.5, 0.6) is 5.75 Å². The lowest BCUT2D eigenvalue weighted by atomic mass is 9.81. The maximum Gasteiger partial charge on any atom is 0.119 e. The van der Waals surface area contributed by atoms with E-state index in [9.17, 15) is 0 Å². The first kappa shape index (κ1) is 14.6. The Hall–Kier alpha value is -1.28. The van der Waals surface area contributed by atoms with Gasteiger partial charge in [0.1, 0.15) is 5.75 Å². The van der Waals surface area contributed by atoms with E-state index in [2.05, 4.69) is 43.3 Å². The lowest BCUT2D eigenvalue weighted by molar-refractivity contribution is 0.402. The quantitative estimate of drug-likeness (QED) is 0.802. The second-order valence-electron chi connectivity index (χ2n) is 6.85. The summed E-state index contributed by atoms with van der Waals surface area (Å²) >= 11 is 0. The number of rotatable bonds is 5. The number of allylic oxidation sites excluding steroid dienone is 2. The summed E-state index contributed by atoms with van der Waals surface area (Å²) in [6.45, 7) is 1.16. The maximum atomic E-state index is 5.45. The number of methoxy groups -OCH3 is 1. The van der Waals surface area contributed by atoms with Crippen molar-refractivity contribution in [1.29, 1.82) is 0 Å². The molecule has 2 aliphatic rings. The molecule has 0 radical (unpaired) electrons. The maximum absolute atomic E-state index is 5.45. The van der Waals surface area contributed by atoms with E-state index in [1.807, 2.05) is 0 Å². The summed E-state index contributed by atoms with van der Waals surface area (Å²) in [5, 5.41) is 0. The Morgan fingerprint density at radius 2 is 1.95 bits per heavy atom. The van der Waals surface area contributed by atoms with Gasteiger partial charge in [0.15, 0.2) is 0 Å². The van der Waals surface area contributed by atoms with Gasteiger partial charge >= 0.3 is 0 Å². The van der Waals surface area contributed by atoms with Crippen LogP contribution in [0, 0.1) is 0 Å². The molecule has 0 saturated heterocycles. The Morgan fingerprint density at radius 1 is 1.19 bits per heavy atom. The fraction of sp³-hybridized carbons (Fsp3) is 0.579. The summed E-state index contributed by atoms with van der Waals surface area (Å²) in [6.07, 6.45) is 10.4. The van der Waals surface area contributed by atoms with Gasteiger partial charge in [0, 0.05) is 5.41 Å². The standard InChI is InChI=1S/C19H27NO/c1-20(2)12-6-7-15-14-19(10-4-5-11-19)18-9-8-16(21-3)13-17(15)18/h8-9,13-14H,4-7,10-12H2,1-3H3. The van der Waals surface area contributed by atoms with Gasteiger partial charge in [0.25, 0.3) is 0 Å². The van der Waals surface area contributed by atoms with Crippen LogP contribution in [0.2, 0.25) is 0 Å². The fourth-order valence-electron chi connectivity index (χ4n) is 4.05. The number of fused-ring (bicyclic) bond motifs is 2. The van der Waals surface area contributed by atoms with E-state index < -0.39 is 0 Å². The predicted octanol–water partition coefficient (Wildman–Crippen LogP) is 4.25. The second kappa shape index (κ2) is 5.84. The molecule has 0 aliphatic heterocycles. The van der Waals surface area contributed by atoms with Gasteiger partial charge in [-0.1, -0.05) is 25.0 Å². The van der Waals surface area contributed by atoms with E-state index in [-0.39, 0.29) is 0 Å². The van der Waals surface area contributed by atoms with Crippen molar-refractivity contribution >= 4 is 5.57 Å². The Labute approximate surface area is 128 Å². The molecule has 1 saturated carbocycles. The molecule has 1 fully saturated rings. The van der Waals surface area contributed by atoms with Crippen molar-refractivity contribution < 1.29 is 4.74 Å². The van der Waals surface area contributed by atoms with Crippen molar-refractivity contribution in [2.45, 2.75) is 43.9 Å². The van der Waals surface area contributed by atoms with E-state index in [0.29, 0.717) is 5.41 Å². The summed E-state index contributed by atoms with van der Waals surface area (Å²) in [5.74, 6) is 0.988. The molecule has 0 bridgehead atoms. The van der Waals surface area contributed by atoms with E-state index >= 15 is 0 Å². The number of hydrogen-bond donors (Lipinski definition) is 0. The van der Waals surface area contributed by atoms with Crippen molar-refractivity contribution in [3.05, 3.63) is 35.4 Å². The van der Waals surface area contributed by atoms with Crippen molar-refractivity contribution in [2.24, 2.45) is 0 Å². The number of benzene rings is 1. The van der Waals surface area contributed by atoms with Gasteiger partial charge in [-0.3, -0.25) is 0 Å². The molecular formula is C19H27NO. The van der Waals surface area contributed by atoms with Gasteiger partial charge in [0.05, 0.1) is 7.11 Å². The molecule has 21 heavy (non-hydrogen) atoms. The fourth-order valence-corrected chi connectivity index (χ4v) is 4.05. The zero-order chi connectivity index (χ0) is 14.9. The topological polar surface area (TPSA) is 12.5 Å². The molecule has 2 heteroatoms. The highest BCUT2D eigenvalue weighted by Crippen LogP contribution is 2.52. The second-order valence-corrected chi connectivity index (χ2v) is 6.85. The molecule has 2 aliphatic carbocycles. The van der Waals surface area contributed by atoms with Gasteiger partial charge < -0.3 is 9.64 Å². The van der Waals surface area contributed by atoms with Crippen LogP contribution < -0.4 is 4.74 Å². The van der Waals surface area contributed by atoms with E-state index in [1.54, 1.807) is 18.2 Å². The molecule has 1 aromatic carbocycles. The smallest absolute Gasteiger partial charge is 0.119 e. The third kappa shape index (κ3) is 2.74. The van der Waals surface area contributed by atoms with Gasteiger partial charge in [-0.05, 0) is 75.2 Å². The largest absolute Gasteiger partial charge is 0.497 e. The minimum atomic E-state index is 0.342. The van der Waals surface area contributed by atoms with Gasteiger partial charge in [-0.25, -0.2) is 0 Å². The van der Waals surface area contributed by atoms with Crippen molar-refractivity contribution in [2.75, 3.05) is 27.7 Å². The minimum Gasteiger partial charge on any atom is -0.497 e. The van der Waals surface area contributed by atoms with Gasteiger partial charge in [0.2, 0.25) is 0 Å². The normalized spacial score (nSPS) is 19.1. The first-order chi connectivity index (χ1) is 10.1. The Morgan fingerprint density at radius 3 is 2.62 bits per heavy atom. The zero-order valence-corrected chi connectivity index (χ0v) is 13.6. The molecule has 0 N–H and O–H groups in total. The monoisotopic (exact) mass is 285 g/mol. The van der Waals surface area contributed by atoms with Crippen LogP contribution in [0.4, 0.5) is 0 Å². The van der Waals surface area contributed by atoms with Crippen LogP contribution in [0.25, 0.3) is 5.57 Å². The molecule has 0 atom stereocenters. The third-order valence-electron chi connectivity index (χ3n) is 5.11. The summed E-state index contributed by atoms with van der Waals surface area (Å²) < 4.78 is 5.45. The number of nitrogens with zero attached hydrogens (tertiary/aromatic N) is 1. The average Bonchev–Trinajstić information content (AvgIpc) is 3.05. The van der Waals surface area contributed by atoms with E-state index in [1.165, 1.54) is 44.1 Å². The van der Waals surface area contributed by atoms with Crippen molar-refractivity contribution in [3.8, 4) is 5.75 Å². The van der Waals surface area contributed by atoms with E-state index in [4.69, 9.17) is 4.74 Å². The number of hydrogen-bond acceptors (Lipinski definition) is 2. The molecule has 0 unspecified atom stereocenters. The average molecular weight is 285 g/mol. The Bertz CT molecular complexity index is 538. The number of ether oxygens (including phenoxy) is 1. The van der Waals surface area contributed by atoms with Gasteiger partial charge in [-0.2, -0.15) is 0 Å². The van der Waals surface area contributed by atoms with Crippen molar-refractivity contribution in [1.82, 2.24) is 4.90 Å². The Balaban J connectivity index is 1.89. The van der Waals surface area contributed by atoms with Crippen LogP contribution in [-0.2, 0) is 5.41 Å². The van der Waals surface area contributed by atoms with Crippen LogP contribution >= 0.6 is 0 Å². The minimum absolute atomic E-state index is 0.342. The highest BCUT2D eigenvalue weighted by Gasteiger charge is 2.40. The lowest BCUT2D eigenvalue weighted by Crippen LogP contribution is -2.16. The molecule has 0 aromatic heterocycles. The Kier molecular flexibility index (Phi) is 4.08. The first-order valence-corrected chi connectivity index (χ1v) is 8.20. The third-order valence-corrected chi connectivity index (χ3v) is 5.11. The highest BCUT2D eigenvalue weighted by molar-refractivity contribution is 5.77. The van der Waals surface area contributed by atoms with E-state index in [0.717, 1.165) is 12.3 Å². The SMILES string of the molecule is COc1ccc2c(c1)C(CCCN(C)C)=CC21CCCC1. The van der Waals surface area contributed by atoms with Crippen LogP contribution in [0.15, 0.2) is 24.3 Å². The highest BCUT2D eigenvalue weighted by atomic mass is 16.5.